The van der Waals surface area contributed by atoms with Gasteiger partial charge >= 0.3 is 5.97 Å². The number of benzene rings is 1. The van der Waals surface area contributed by atoms with Crippen molar-refractivity contribution in [3.05, 3.63) is 23.8 Å². The van der Waals surface area contributed by atoms with Crippen molar-refractivity contribution in [2.45, 2.75) is 32.8 Å². The number of carboxylic acid groups (broad SMARTS) is 1. The summed E-state index contributed by atoms with van der Waals surface area (Å²) in [6.45, 7) is 5.41. The van der Waals surface area contributed by atoms with E-state index < -0.39 is 11.9 Å². The molecule has 0 heterocycles. The number of carbonyl (C=O) groups is 1. The first-order valence-corrected chi connectivity index (χ1v) is 5.53. The fourth-order valence-electron chi connectivity index (χ4n) is 1.61. The second-order valence-electron chi connectivity index (χ2n) is 4.10. The molecule has 94 valence electrons. The third kappa shape index (κ3) is 3.12. The summed E-state index contributed by atoms with van der Waals surface area (Å²) in [5, 5.41) is 9.10. The van der Waals surface area contributed by atoms with Crippen LogP contribution in [0.5, 0.6) is 11.5 Å². The van der Waals surface area contributed by atoms with Crippen LogP contribution in [0.2, 0.25) is 0 Å². The predicted octanol–water partition coefficient (Wildman–Crippen LogP) is 2.67. The van der Waals surface area contributed by atoms with Crippen LogP contribution in [0, 0.1) is 0 Å². The van der Waals surface area contributed by atoms with Crippen LogP contribution in [0.1, 0.15) is 32.3 Å². The molecule has 1 atom stereocenters. The lowest BCUT2D eigenvalue weighted by molar-refractivity contribution is -0.138. The van der Waals surface area contributed by atoms with Crippen LogP contribution in [-0.4, -0.2) is 24.3 Å². The largest absolute Gasteiger partial charge is 0.496 e. The standard InChI is InChI=1S/C13H18O4/c1-8(2)17-11-7-5-6-10(16-4)12(11)9(3)13(14)15/h5-9H,1-4H3,(H,14,15). The molecule has 0 saturated carbocycles. The van der Waals surface area contributed by atoms with E-state index in [1.807, 2.05) is 13.8 Å². The molecule has 0 aromatic heterocycles. The van der Waals surface area contributed by atoms with Gasteiger partial charge in [0.15, 0.2) is 0 Å². The normalized spacial score (nSPS) is 12.3. The molecule has 0 aliphatic rings. The molecule has 0 aliphatic heterocycles. The van der Waals surface area contributed by atoms with Crippen LogP contribution in [0.25, 0.3) is 0 Å². The van der Waals surface area contributed by atoms with Crippen LogP contribution in [0.15, 0.2) is 18.2 Å². The Morgan fingerprint density at radius 1 is 1.24 bits per heavy atom. The van der Waals surface area contributed by atoms with Gasteiger partial charge in [-0.3, -0.25) is 4.79 Å². The van der Waals surface area contributed by atoms with Gasteiger partial charge in [0.05, 0.1) is 24.7 Å². The van der Waals surface area contributed by atoms with Gasteiger partial charge < -0.3 is 14.6 Å². The fraction of sp³-hybridized carbons (Fsp3) is 0.462. The van der Waals surface area contributed by atoms with E-state index in [1.165, 1.54) is 7.11 Å². The maximum Gasteiger partial charge on any atom is 0.310 e. The number of rotatable bonds is 5. The van der Waals surface area contributed by atoms with Gasteiger partial charge in [-0.25, -0.2) is 0 Å². The maximum absolute atomic E-state index is 11.1. The molecule has 0 aliphatic carbocycles. The monoisotopic (exact) mass is 238 g/mol. The Kier molecular flexibility index (Phi) is 4.37. The van der Waals surface area contributed by atoms with Crippen LogP contribution in [-0.2, 0) is 4.79 Å². The average Bonchev–Trinajstić information content (AvgIpc) is 2.26. The Hall–Kier alpha value is -1.71. The third-order valence-electron chi connectivity index (χ3n) is 2.41. The van der Waals surface area contributed by atoms with Crippen molar-refractivity contribution in [3.63, 3.8) is 0 Å². The SMILES string of the molecule is COc1cccc(OC(C)C)c1C(C)C(=O)O. The molecule has 0 saturated heterocycles. The molecule has 17 heavy (non-hydrogen) atoms. The van der Waals surface area contributed by atoms with Gasteiger partial charge in [0.2, 0.25) is 0 Å². The molecule has 4 heteroatoms. The zero-order valence-electron chi connectivity index (χ0n) is 10.6. The first-order valence-electron chi connectivity index (χ1n) is 5.53. The Balaban J connectivity index is 3.24. The zero-order chi connectivity index (χ0) is 13.0. The van der Waals surface area contributed by atoms with Crippen molar-refractivity contribution in [3.8, 4) is 11.5 Å². The zero-order valence-corrected chi connectivity index (χ0v) is 10.6. The van der Waals surface area contributed by atoms with Crippen molar-refractivity contribution in [2.75, 3.05) is 7.11 Å². The molecule has 0 amide bonds. The minimum absolute atomic E-state index is 0.0122. The Morgan fingerprint density at radius 2 is 1.82 bits per heavy atom. The molecule has 4 nitrogen and oxygen atoms in total. The lowest BCUT2D eigenvalue weighted by atomic mass is 9.99. The Bertz CT molecular complexity index is 398. The number of methoxy groups -OCH3 is 1. The van der Waals surface area contributed by atoms with Gasteiger partial charge in [-0.2, -0.15) is 0 Å². The van der Waals surface area contributed by atoms with Crippen molar-refractivity contribution in [1.82, 2.24) is 0 Å². The number of aliphatic carboxylic acids is 1. The van der Waals surface area contributed by atoms with Crippen LogP contribution < -0.4 is 9.47 Å². The number of carboxylic acids is 1. The molecule has 1 unspecified atom stereocenters. The molecule has 1 aromatic carbocycles. The summed E-state index contributed by atoms with van der Waals surface area (Å²) in [4.78, 5) is 11.1. The second kappa shape index (κ2) is 5.57. The van der Waals surface area contributed by atoms with Crippen LogP contribution >= 0.6 is 0 Å². The molecule has 0 bridgehead atoms. The summed E-state index contributed by atoms with van der Waals surface area (Å²) < 4.78 is 10.8. The van der Waals surface area contributed by atoms with Crippen molar-refractivity contribution >= 4 is 5.97 Å². The summed E-state index contributed by atoms with van der Waals surface area (Å²) in [5.41, 5.74) is 0.580. The van der Waals surface area contributed by atoms with E-state index in [4.69, 9.17) is 14.6 Å². The Morgan fingerprint density at radius 3 is 2.29 bits per heavy atom. The molecule has 0 radical (unpaired) electrons. The van der Waals surface area contributed by atoms with Gasteiger partial charge in [0.25, 0.3) is 0 Å². The van der Waals surface area contributed by atoms with Crippen molar-refractivity contribution in [2.24, 2.45) is 0 Å². The van der Waals surface area contributed by atoms with Gasteiger partial charge in [0, 0.05) is 0 Å². The molecule has 0 spiro atoms. The van der Waals surface area contributed by atoms with E-state index in [-0.39, 0.29) is 6.10 Å². The maximum atomic E-state index is 11.1. The third-order valence-corrected chi connectivity index (χ3v) is 2.41. The van der Waals surface area contributed by atoms with Crippen molar-refractivity contribution < 1.29 is 19.4 Å². The smallest absolute Gasteiger partial charge is 0.310 e. The van der Waals surface area contributed by atoms with E-state index in [1.54, 1.807) is 25.1 Å². The van der Waals surface area contributed by atoms with E-state index in [0.29, 0.717) is 17.1 Å². The highest BCUT2D eigenvalue weighted by molar-refractivity contribution is 5.78. The highest BCUT2D eigenvalue weighted by atomic mass is 16.5. The van der Waals surface area contributed by atoms with E-state index >= 15 is 0 Å². The molecule has 0 fully saturated rings. The molecular formula is C13H18O4. The van der Waals surface area contributed by atoms with Gasteiger partial charge in [0.1, 0.15) is 11.5 Å². The minimum atomic E-state index is -0.900. The van der Waals surface area contributed by atoms with Gasteiger partial charge in [-0.1, -0.05) is 6.07 Å². The molecule has 1 N–H and O–H groups in total. The predicted molar refractivity (Wildman–Crippen MR) is 64.8 cm³/mol. The highest BCUT2D eigenvalue weighted by Crippen LogP contribution is 2.35. The summed E-state index contributed by atoms with van der Waals surface area (Å²) >= 11 is 0. The van der Waals surface area contributed by atoms with Crippen LogP contribution in [0.3, 0.4) is 0 Å². The fourth-order valence-corrected chi connectivity index (χ4v) is 1.61. The lowest BCUT2D eigenvalue weighted by Gasteiger charge is -2.19. The van der Waals surface area contributed by atoms with E-state index in [2.05, 4.69) is 0 Å². The minimum Gasteiger partial charge on any atom is -0.496 e. The van der Waals surface area contributed by atoms with E-state index in [9.17, 15) is 4.79 Å². The molecule has 1 aromatic rings. The van der Waals surface area contributed by atoms with Crippen molar-refractivity contribution in [1.29, 1.82) is 0 Å². The number of hydrogen-bond donors (Lipinski definition) is 1. The summed E-state index contributed by atoms with van der Waals surface area (Å²) in [6.07, 6.45) is -0.0122. The summed E-state index contributed by atoms with van der Waals surface area (Å²) in [6, 6.07) is 5.29. The molecule has 1 rings (SSSR count). The lowest BCUT2D eigenvalue weighted by Crippen LogP contribution is -2.13. The second-order valence-corrected chi connectivity index (χ2v) is 4.10. The first kappa shape index (κ1) is 13.4. The Labute approximate surface area is 101 Å². The van der Waals surface area contributed by atoms with Gasteiger partial charge in [-0.15, -0.1) is 0 Å². The van der Waals surface area contributed by atoms with E-state index in [0.717, 1.165) is 0 Å². The summed E-state index contributed by atoms with van der Waals surface area (Å²) in [7, 11) is 1.52. The highest BCUT2D eigenvalue weighted by Gasteiger charge is 2.23. The first-order chi connectivity index (χ1) is 7.97. The number of ether oxygens (including phenoxy) is 2. The topological polar surface area (TPSA) is 55.8 Å². The molecular weight excluding hydrogens is 220 g/mol. The van der Waals surface area contributed by atoms with Crippen LogP contribution in [0.4, 0.5) is 0 Å². The number of hydrogen-bond acceptors (Lipinski definition) is 3. The quantitative estimate of drug-likeness (QED) is 0.856. The average molecular weight is 238 g/mol. The van der Waals surface area contributed by atoms with Gasteiger partial charge in [-0.05, 0) is 32.9 Å². The summed E-state index contributed by atoms with van der Waals surface area (Å²) in [5.74, 6) is -0.463.